The quantitative estimate of drug-likeness (QED) is 0.723. The van der Waals surface area contributed by atoms with E-state index in [2.05, 4.69) is 20.8 Å². The number of hydrogen-bond donors (Lipinski definition) is 1. The highest BCUT2D eigenvalue weighted by molar-refractivity contribution is 8.00. The van der Waals surface area contributed by atoms with E-state index in [1.165, 1.54) is 11.8 Å². The molecule has 0 fully saturated rings. The molecule has 25 heavy (non-hydrogen) atoms. The van der Waals surface area contributed by atoms with Gasteiger partial charge in [0.05, 0.1) is 10.8 Å². The van der Waals surface area contributed by atoms with Crippen LogP contribution >= 0.6 is 11.8 Å². The number of tetrazole rings is 1. The fraction of sp³-hybridized carbons (Fsp3) is 0.333. The number of benzene rings is 2. The Balaban J connectivity index is 1.76. The molecule has 1 atom stereocenters. The molecule has 1 amide bonds. The van der Waals surface area contributed by atoms with Crippen molar-refractivity contribution in [2.45, 2.75) is 43.6 Å². The molecule has 6 nitrogen and oxygen atoms in total. The highest BCUT2D eigenvalue weighted by Crippen LogP contribution is 2.27. The van der Waals surface area contributed by atoms with E-state index in [1.807, 2.05) is 70.2 Å². The number of thioether (sulfide) groups is 1. The van der Waals surface area contributed by atoms with Crippen molar-refractivity contribution < 1.29 is 4.79 Å². The molecular weight excluding hydrogens is 334 g/mol. The van der Waals surface area contributed by atoms with Crippen LogP contribution in [-0.2, 0) is 10.3 Å². The van der Waals surface area contributed by atoms with Crippen LogP contribution in [0.5, 0.6) is 0 Å². The minimum Gasteiger partial charge on any atom is -0.325 e. The summed E-state index contributed by atoms with van der Waals surface area (Å²) in [5.74, 6) is -0.0789. The van der Waals surface area contributed by atoms with Crippen molar-refractivity contribution in [3.63, 3.8) is 0 Å². The third-order valence-electron chi connectivity index (χ3n) is 3.78. The summed E-state index contributed by atoms with van der Waals surface area (Å²) in [6.07, 6.45) is 0. The molecule has 0 bridgehead atoms. The van der Waals surface area contributed by atoms with Crippen molar-refractivity contribution in [1.29, 1.82) is 0 Å². The zero-order valence-electron chi connectivity index (χ0n) is 14.7. The molecule has 1 N–H and O–H groups in total. The van der Waals surface area contributed by atoms with E-state index >= 15 is 0 Å². The van der Waals surface area contributed by atoms with Gasteiger partial charge in [-0.15, -0.1) is 5.10 Å². The summed E-state index contributed by atoms with van der Waals surface area (Å²) >= 11 is 1.35. The van der Waals surface area contributed by atoms with Gasteiger partial charge in [0.2, 0.25) is 11.1 Å². The first kappa shape index (κ1) is 17.4. The smallest absolute Gasteiger partial charge is 0.237 e. The molecule has 2 aromatic carbocycles. The average Bonchev–Trinajstić information content (AvgIpc) is 3.03. The molecule has 3 rings (SSSR count). The normalized spacial score (nSPS) is 13.0. The third kappa shape index (κ3) is 3.82. The topological polar surface area (TPSA) is 72.7 Å². The van der Waals surface area contributed by atoms with Gasteiger partial charge in [-0.1, -0.05) is 48.2 Å². The zero-order valence-corrected chi connectivity index (χ0v) is 15.5. The predicted octanol–water partition coefficient (Wildman–Crippen LogP) is 3.70. The standard InChI is InChI=1S/C18H21N5OS/c1-12(25-17-20-21-22-23(17)18(2,3)4)16(24)19-15-11-7-9-13-8-5-6-10-14(13)15/h5-12H,1-4H3,(H,19,24). The number of aromatic nitrogens is 4. The SMILES string of the molecule is CC(Sc1nnnn1C(C)(C)C)C(=O)Nc1cccc2ccccc12. The van der Waals surface area contributed by atoms with Crippen LogP contribution in [0.3, 0.4) is 0 Å². The van der Waals surface area contributed by atoms with Crippen molar-refractivity contribution >= 4 is 34.1 Å². The Morgan fingerprint density at radius 3 is 2.64 bits per heavy atom. The summed E-state index contributed by atoms with van der Waals surface area (Å²) in [5.41, 5.74) is 0.573. The summed E-state index contributed by atoms with van der Waals surface area (Å²) < 4.78 is 1.74. The van der Waals surface area contributed by atoms with E-state index < -0.39 is 0 Å². The van der Waals surface area contributed by atoms with Crippen LogP contribution in [0, 0.1) is 0 Å². The van der Waals surface area contributed by atoms with E-state index in [-0.39, 0.29) is 16.7 Å². The van der Waals surface area contributed by atoms with E-state index in [4.69, 9.17) is 0 Å². The third-order valence-corrected chi connectivity index (χ3v) is 4.81. The summed E-state index contributed by atoms with van der Waals surface area (Å²) in [4.78, 5) is 12.6. The van der Waals surface area contributed by atoms with Crippen molar-refractivity contribution in [1.82, 2.24) is 20.2 Å². The van der Waals surface area contributed by atoms with Crippen LogP contribution in [0.1, 0.15) is 27.7 Å². The fourth-order valence-corrected chi connectivity index (χ4v) is 3.43. The summed E-state index contributed by atoms with van der Waals surface area (Å²) in [5, 5.41) is 17.3. The number of rotatable bonds is 4. The molecule has 0 radical (unpaired) electrons. The summed E-state index contributed by atoms with van der Waals surface area (Å²) in [7, 11) is 0. The van der Waals surface area contributed by atoms with Gasteiger partial charge in [0.1, 0.15) is 0 Å². The van der Waals surface area contributed by atoms with Gasteiger partial charge in [-0.25, -0.2) is 4.68 Å². The van der Waals surface area contributed by atoms with Crippen molar-refractivity contribution in [3.8, 4) is 0 Å². The van der Waals surface area contributed by atoms with Gasteiger partial charge < -0.3 is 5.32 Å². The highest BCUT2D eigenvalue weighted by Gasteiger charge is 2.24. The number of carbonyl (C=O) groups excluding carboxylic acids is 1. The van der Waals surface area contributed by atoms with Crippen LogP contribution in [0.15, 0.2) is 47.6 Å². The van der Waals surface area contributed by atoms with Crippen LogP contribution in [0.25, 0.3) is 10.8 Å². The first-order valence-electron chi connectivity index (χ1n) is 8.10. The predicted molar refractivity (Wildman–Crippen MR) is 101 cm³/mol. The summed E-state index contributed by atoms with van der Waals surface area (Å²) in [6.45, 7) is 7.92. The first-order valence-corrected chi connectivity index (χ1v) is 8.98. The largest absolute Gasteiger partial charge is 0.325 e. The number of anilines is 1. The van der Waals surface area contributed by atoms with Crippen molar-refractivity contribution in [2.24, 2.45) is 0 Å². The lowest BCUT2D eigenvalue weighted by atomic mass is 10.1. The molecule has 0 spiro atoms. The van der Waals surface area contributed by atoms with Crippen molar-refractivity contribution in [2.75, 3.05) is 5.32 Å². The molecule has 0 saturated heterocycles. The second kappa shape index (κ2) is 6.84. The van der Waals surface area contributed by atoms with E-state index in [0.29, 0.717) is 5.16 Å². The Bertz CT molecular complexity index is 894. The number of fused-ring (bicyclic) bond motifs is 1. The lowest BCUT2D eigenvalue weighted by Gasteiger charge is -2.20. The van der Waals surface area contributed by atoms with Crippen molar-refractivity contribution in [3.05, 3.63) is 42.5 Å². The average molecular weight is 355 g/mol. The monoisotopic (exact) mass is 355 g/mol. The molecule has 7 heteroatoms. The fourth-order valence-electron chi connectivity index (χ4n) is 2.45. The lowest BCUT2D eigenvalue weighted by molar-refractivity contribution is -0.115. The van der Waals surface area contributed by atoms with Gasteiger partial charge >= 0.3 is 0 Å². The van der Waals surface area contributed by atoms with Crippen LogP contribution < -0.4 is 5.32 Å². The Labute approximate surface area is 151 Å². The van der Waals surface area contributed by atoms with Gasteiger partial charge in [-0.05, 0) is 49.6 Å². The lowest BCUT2D eigenvalue weighted by Crippen LogP contribution is -2.27. The number of carbonyl (C=O) groups is 1. The number of nitrogens with zero attached hydrogens (tertiary/aromatic N) is 4. The first-order chi connectivity index (χ1) is 11.9. The molecular formula is C18H21N5OS. The minimum absolute atomic E-state index is 0.0789. The van der Waals surface area contributed by atoms with Gasteiger partial charge in [0, 0.05) is 11.1 Å². The number of hydrogen-bond acceptors (Lipinski definition) is 5. The number of nitrogens with one attached hydrogen (secondary N) is 1. The molecule has 0 aliphatic rings. The van der Waals surface area contributed by atoms with Gasteiger partial charge in [-0.3, -0.25) is 4.79 Å². The second-order valence-electron chi connectivity index (χ2n) is 6.82. The highest BCUT2D eigenvalue weighted by atomic mass is 32.2. The molecule has 130 valence electrons. The van der Waals surface area contributed by atoms with Gasteiger partial charge in [-0.2, -0.15) is 0 Å². The molecule has 0 aliphatic heterocycles. The Morgan fingerprint density at radius 2 is 1.88 bits per heavy atom. The molecule has 3 aromatic rings. The zero-order chi connectivity index (χ0) is 18.0. The molecule has 0 saturated carbocycles. The molecule has 1 heterocycles. The maximum Gasteiger partial charge on any atom is 0.237 e. The minimum atomic E-state index is -0.328. The maximum absolute atomic E-state index is 12.6. The number of amides is 1. The van der Waals surface area contributed by atoms with Gasteiger partial charge in [0.25, 0.3) is 0 Å². The Kier molecular flexibility index (Phi) is 4.76. The van der Waals surface area contributed by atoms with Crippen LogP contribution in [0.4, 0.5) is 5.69 Å². The van der Waals surface area contributed by atoms with E-state index in [0.717, 1.165) is 16.5 Å². The van der Waals surface area contributed by atoms with E-state index in [1.54, 1.807) is 4.68 Å². The van der Waals surface area contributed by atoms with Gasteiger partial charge in [0.15, 0.2) is 0 Å². The van der Waals surface area contributed by atoms with Crippen LogP contribution in [0.2, 0.25) is 0 Å². The Morgan fingerprint density at radius 1 is 1.16 bits per heavy atom. The molecule has 1 unspecified atom stereocenters. The maximum atomic E-state index is 12.6. The molecule has 1 aromatic heterocycles. The molecule has 0 aliphatic carbocycles. The van der Waals surface area contributed by atoms with Crippen LogP contribution in [-0.4, -0.2) is 31.4 Å². The second-order valence-corrected chi connectivity index (χ2v) is 8.13. The van der Waals surface area contributed by atoms with E-state index in [9.17, 15) is 4.79 Å². The Hall–Kier alpha value is -2.41. The summed E-state index contributed by atoms with van der Waals surface area (Å²) in [6, 6.07) is 13.9.